The Labute approximate surface area is 118 Å². The van der Waals surface area contributed by atoms with Crippen LogP contribution in [-0.4, -0.2) is 23.3 Å². The van der Waals surface area contributed by atoms with Gasteiger partial charge in [0.15, 0.2) is 5.78 Å². The lowest BCUT2D eigenvalue weighted by Crippen LogP contribution is -2.32. The van der Waals surface area contributed by atoms with E-state index in [9.17, 15) is 14.9 Å². The minimum Gasteiger partial charge on any atom is -0.369 e. The Balaban J connectivity index is 2.39. The van der Waals surface area contributed by atoms with Gasteiger partial charge in [-0.15, -0.1) is 0 Å². The molecule has 0 N–H and O–H groups in total. The number of nitro benzene ring substituents is 1. The van der Waals surface area contributed by atoms with Gasteiger partial charge in [-0.3, -0.25) is 14.9 Å². The molecule has 0 saturated carbocycles. The summed E-state index contributed by atoms with van der Waals surface area (Å²) in [5.41, 5.74) is 1.00. The van der Waals surface area contributed by atoms with E-state index >= 15 is 0 Å². The minimum absolute atomic E-state index is 0.108. The average molecular weight is 276 g/mol. The highest BCUT2D eigenvalue weighted by atomic mass is 16.6. The van der Waals surface area contributed by atoms with Crippen molar-refractivity contribution in [1.29, 1.82) is 0 Å². The second kappa shape index (κ2) is 6.03. The topological polar surface area (TPSA) is 63.5 Å². The molecule has 1 fully saturated rings. The van der Waals surface area contributed by atoms with Crippen molar-refractivity contribution in [2.45, 2.75) is 45.6 Å². The Hall–Kier alpha value is -1.91. The van der Waals surface area contributed by atoms with Crippen molar-refractivity contribution in [3.63, 3.8) is 0 Å². The SMILES string of the molecule is CC(=O)c1cc(N2CCCCCC2C)ccc1[N+](=O)[O-]. The van der Waals surface area contributed by atoms with Crippen LogP contribution in [0, 0.1) is 10.1 Å². The van der Waals surface area contributed by atoms with E-state index in [1.165, 1.54) is 25.8 Å². The smallest absolute Gasteiger partial charge is 0.280 e. The van der Waals surface area contributed by atoms with E-state index in [0.717, 1.165) is 25.1 Å². The van der Waals surface area contributed by atoms with Gasteiger partial charge in [-0.1, -0.05) is 12.8 Å². The first kappa shape index (κ1) is 14.5. The Morgan fingerprint density at radius 2 is 2.10 bits per heavy atom. The maximum atomic E-state index is 11.6. The van der Waals surface area contributed by atoms with Crippen LogP contribution in [0.2, 0.25) is 0 Å². The second-order valence-corrected chi connectivity index (χ2v) is 5.41. The van der Waals surface area contributed by atoms with Crippen LogP contribution in [0.3, 0.4) is 0 Å². The highest BCUT2D eigenvalue weighted by Gasteiger charge is 2.22. The molecule has 1 aliphatic heterocycles. The lowest BCUT2D eigenvalue weighted by molar-refractivity contribution is -0.385. The van der Waals surface area contributed by atoms with Crippen molar-refractivity contribution >= 4 is 17.2 Å². The molecule has 1 atom stereocenters. The Morgan fingerprint density at radius 1 is 1.35 bits per heavy atom. The van der Waals surface area contributed by atoms with Crippen LogP contribution in [0.25, 0.3) is 0 Å². The number of hydrogen-bond acceptors (Lipinski definition) is 4. The van der Waals surface area contributed by atoms with Gasteiger partial charge in [0.1, 0.15) is 0 Å². The van der Waals surface area contributed by atoms with E-state index in [1.54, 1.807) is 12.1 Å². The van der Waals surface area contributed by atoms with Gasteiger partial charge in [-0.25, -0.2) is 0 Å². The molecule has 1 aromatic carbocycles. The largest absolute Gasteiger partial charge is 0.369 e. The molecular weight excluding hydrogens is 256 g/mol. The fourth-order valence-corrected chi connectivity index (χ4v) is 2.80. The van der Waals surface area contributed by atoms with E-state index in [-0.39, 0.29) is 17.0 Å². The predicted molar refractivity (Wildman–Crippen MR) is 78.4 cm³/mol. The van der Waals surface area contributed by atoms with E-state index in [2.05, 4.69) is 11.8 Å². The molecule has 0 aromatic heterocycles. The van der Waals surface area contributed by atoms with Crippen LogP contribution < -0.4 is 4.90 Å². The van der Waals surface area contributed by atoms with Crippen molar-refractivity contribution in [2.24, 2.45) is 0 Å². The Kier molecular flexibility index (Phi) is 4.37. The summed E-state index contributed by atoms with van der Waals surface area (Å²) in [7, 11) is 0. The van der Waals surface area contributed by atoms with Gasteiger partial charge in [-0.2, -0.15) is 0 Å². The molecule has 5 nitrogen and oxygen atoms in total. The molecule has 0 spiro atoms. The summed E-state index contributed by atoms with van der Waals surface area (Å²) in [5, 5.41) is 11.0. The van der Waals surface area contributed by atoms with Crippen molar-refractivity contribution < 1.29 is 9.72 Å². The fraction of sp³-hybridized carbons (Fsp3) is 0.533. The van der Waals surface area contributed by atoms with Crippen molar-refractivity contribution in [3.05, 3.63) is 33.9 Å². The summed E-state index contributed by atoms with van der Waals surface area (Å²) < 4.78 is 0. The number of benzene rings is 1. The molecule has 5 heteroatoms. The van der Waals surface area contributed by atoms with Gasteiger partial charge in [0, 0.05) is 24.3 Å². The van der Waals surface area contributed by atoms with E-state index < -0.39 is 4.92 Å². The lowest BCUT2D eigenvalue weighted by atomic mass is 10.1. The first-order valence-corrected chi connectivity index (χ1v) is 7.06. The molecule has 1 aromatic rings. The van der Waals surface area contributed by atoms with Crippen LogP contribution in [-0.2, 0) is 0 Å². The van der Waals surface area contributed by atoms with Gasteiger partial charge < -0.3 is 4.90 Å². The molecule has 0 radical (unpaired) electrons. The molecule has 0 amide bonds. The third-order valence-electron chi connectivity index (χ3n) is 3.94. The number of nitro groups is 1. The number of ketones is 1. The average Bonchev–Trinajstić information content (AvgIpc) is 2.62. The summed E-state index contributed by atoms with van der Waals surface area (Å²) in [5.74, 6) is -0.263. The van der Waals surface area contributed by atoms with E-state index in [4.69, 9.17) is 0 Å². The number of anilines is 1. The third kappa shape index (κ3) is 2.98. The highest BCUT2D eigenvalue weighted by Crippen LogP contribution is 2.29. The molecular formula is C15H20N2O3. The zero-order chi connectivity index (χ0) is 14.7. The van der Waals surface area contributed by atoms with E-state index in [0.29, 0.717) is 6.04 Å². The third-order valence-corrected chi connectivity index (χ3v) is 3.94. The molecule has 0 aliphatic carbocycles. The molecule has 2 rings (SSSR count). The summed E-state index contributed by atoms with van der Waals surface area (Å²) >= 11 is 0. The predicted octanol–water partition coefficient (Wildman–Crippen LogP) is 3.57. The normalized spacial score (nSPS) is 19.5. The first-order chi connectivity index (χ1) is 9.50. The van der Waals surface area contributed by atoms with Crippen molar-refractivity contribution in [3.8, 4) is 0 Å². The van der Waals surface area contributed by atoms with Gasteiger partial charge in [-0.05, 0) is 38.8 Å². The Morgan fingerprint density at radius 3 is 2.75 bits per heavy atom. The number of nitrogens with zero attached hydrogens (tertiary/aromatic N) is 2. The van der Waals surface area contributed by atoms with E-state index in [1.807, 2.05) is 0 Å². The Bertz CT molecular complexity index is 528. The van der Waals surface area contributed by atoms with Crippen LogP contribution >= 0.6 is 0 Å². The molecule has 20 heavy (non-hydrogen) atoms. The second-order valence-electron chi connectivity index (χ2n) is 5.41. The van der Waals surface area contributed by atoms with Gasteiger partial charge >= 0.3 is 0 Å². The minimum atomic E-state index is -0.494. The highest BCUT2D eigenvalue weighted by molar-refractivity contribution is 5.99. The van der Waals surface area contributed by atoms with Crippen molar-refractivity contribution in [1.82, 2.24) is 0 Å². The molecule has 1 unspecified atom stereocenters. The molecule has 1 saturated heterocycles. The zero-order valence-corrected chi connectivity index (χ0v) is 12.0. The standard InChI is InChI=1S/C15H20N2O3/c1-11-6-4-3-5-9-16(11)13-7-8-15(17(19)20)14(10-13)12(2)18/h7-8,10-11H,3-6,9H2,1-2H3. The van der Waals surface area contributed by atoms with Crippen LogP contribution in [0.5, 0.6) is 0 Å². The van der Waals surface area contributed by atoms with Gasteiger partial charge in [0.2, 0.25) is 0 Å². The summed E-state index contributed by atoms with van der Waals surface area (Å²) in [6.45, 7) is 4.48. The zero-order valence-electron chi connectivity index (χ0n) is 12.0. The molecule has 108 valence electrons. The summed E-state index contributed by atoms with van der Waals surface area (Å²) in [6, 6.07) is 5.28. The fourth-order valence-electron chi connectivity index (χ4n) is 2.80. The number of carbonyl (C=O) groups is 1. The number of hydrogen-bond donors (Lipinski definition) is 0. The summed E-state index contributed by atoms with van der Waals surface area (Å²) in [4.78, 5) is 24.4. The number of carbonyl (C=O) groups excluding carboxylic acids is 1. The maximum Gasteiger partial charge on any atom is 0.280 e. The van der Waals surface area contributed by atoms with Gasteiger partial charge in [0.25, 0.3) is 5.69 Å². The summed E-state index contributed by atoms with van der Waals surface area (Å²) in [6.07, 6.45) is 4.67. The monoisotopic (exact) mass is 276 g/mol. The lowest BCUT2D eigenvalue weighted by Gasteiger charge is -2.29. The molecule has 0 bridgehead atoms. The van der Waals surface area contributed by atoms with Crippen LogP contribution in [0.4, 0.5) is 11.4 Å². The maximum absolute atomic E-state index is 11.6. The molecule has 1 heterocycles. The number of Topliss-reactive ketones (excluding diaryl/α,β-unsaturated/α-hetero) is 1. The first-order valence-electron chi connectivity index (χ1n) is 7.06. The molecule has 1 aliphatic rings. The van der Waals surface area contributed by atoms with Crippen molar-refractivity contribution in [2.75, 3.05) is 11.4 Å². The van der Waals surface area contributed by atoms with Crippen LogP contribution in [0.1, 0.15) is 49.9 Å². The quantitative estimate of drug-likeness (QED) is 0.481. The number of rotatable bonds is 3. The van der Waals surface area contributed by atoms with Crippen LogP contribution in [0.15, 0.2) is 18.2 Å². The van der Waals surface area contributed by atoms with Gasteiger partial charge in [0.05, 0.1) is 10.5 Å².